The highest BCUT2D eigenvalue weighted by Gasteiger charge is 2.41. The van der Waals surface area contributed by atoms with E-state index >= 15 is 0 Å². The third kappa shape index (κ3) is 3.87. The fourth-order valence-electron chi connectivity index (χ4n) is 4.55. The molecule has 2 aliphatic rings. The Kier molecular flexibility index (Phi) is 5.56. The third-order valence-electron chi connectivity index (χ3n) is 6.10. The molecule has 0 spiro atoms. The molecule has 2 aliphatic heterocycles. The fourth-order valence-corrected chi connectivity index (χ4v) is 4.55. The third-order valence-corrected chi connectivity index (χ3v) is 6.10. The van der Waals surface area contributed by atoms with E-state index in [1.165, 1.54) is 16.9 Å². The average molecular weight is 378 g/mol. The molecule has 2 unspecified atom stereocenters. The summed E-state index contributed by atoms with van der Waals surface area (Å²) in [5, 5.41) is 3.22. The van der Waals surface area contributed by atoms with E-state index in [0.29, 0.717) is 5.92 Å². The number of hydrogen-bond acceptors (Lipinski definition) is 3. The lowest BCUT2D eigenvalue weighted by Gasteiger charge is -2.49. The van der Waals surface area contributed by atoms with Crippen molar-refractivity contribution >= 4 is 17.3 Å². The Morgan fingerprint density at radius 2 is 1.82 bits per heavy atom. The van der Waals surface area contributed by atoms with Crippen molar-refractivity contribution in [2.24, 2.45) is 11.8 Å². The largest absolute Gasteiger partial charge is 0.368 e. The van der Waals surface area contributed by atoms with Crippen LogP contribution in [0.25, 0.3) is 0 Å². The van der Waals surface area contributed by atoms with Gasteiger partial charge in [0, 0.05) is 37.6 Å². The monoisotopic (exact) mass is 377 g/mol. The lowest BCUT2D eigenvalue weighted by atomic mass is 9.83. The van der Waals surface area contributed by atoms with Crippen molar-refractivity contribution in [3.63, 3.8) is 0 Å². The summed E-state index contributed by atoms with van der Waals surface area (Å²) >= 11 is 0. The van der Waals surface area contributed by atoms with Gasteiger partial charge in [0.05, 0.1) is 12.0 Å². The van der Waals surface area contributed by atoms with Gasteiger partial charge in [0.2, 0.25) is 5.91 Å². The van der Waals surface area contributed by atoms with Gasteiger partial charge in [0.25, 0.3) is 0 Å². The first-order chi connectivity index (χ1) is 13.6. The Balaban J connectivity index is 1.57. The standard InChI is InChI=1S/C24H31N3O/c1-18(2)12-13-25-24(28)21-16-19-8-6-7-11-22(19)27-15-14-26(17-23(21)27)20-9-4-3-5-10-20/h3-11,18,21,23H,12-17H2,1-2H3,(H,25,28). The number of carbonyl (C=O) groups is 1. The predicted octanol–water partition coefficient (Wildman–Crippen LogP) is 3.72. The second-order valence-corrected chi connectivity index (χ2v) is 8.46. The molecule has 2 aromatic carbocycles. The first-order valence-electron chi connectivity index (χ1n) is 10.6. The Morgan fingerprint density at radius 3 is 2.61 bits per heavy atom. The number of anilines is 2. The van der Waals surface area contributed by atoms with Gasteiger partial charge in [-0.3, -0.25) is 4.79 Å². The Morgan fingerprint density at radius 1 is 1.07 bits per heavy atom. The highest BCUT2D eigenvalue weighted by atomic mass is 16.1. The Labute approximate surface area is 168 Å². The van der Waals surface area contributed by atoms with Crippen LogP contribution in [-0.4, -0.2) is 38.1 Å². The van der Waals surface area contributed by atoms with Crippen molar-refractivity contribution in [2.45, 2.75) is 32.7 Å². The van der Waals surface area contributed by atoms with Crippen LogP contribution in [0.2, 0.25) is 0 Å². The molecule has 2 aromatic rings. The molecule has 1 saturated heterocycles. The summed E-state index contributed by atoms with van der Waals surface area (Å²) < 4.78 is 0. The van der Waals surface area contributed by atoms with Crippen molar-refractivity contribution in [3.05, 3.63) is 60.2 Å². The van der Waals surface area contributed by atoms with Gasteiger partial charge in [0.1, 0.15) is 0 Å². The van der Waals surface area contributed by atoms with E-state index < -0.39 is 0 Å². The first kappa shape index (κ1) is 18.9. The molecule has 148 valence electrons. The van der Waals surface area contributed by atoms with Crippen LogP contribution >= 0.6 is 0 Å². The molecule has 0 bridgehead atoms. The van der Waals surface area contributed by atoms with E-state index in [1.807, 2.05) is 0 Å². The van der Waals surface area contributed by atoms with Gasteiger partial charge in [-0.2, -0.15) is 0 Å². The number of nitrogens with zero attached hydrogens (tertiary/aromatic N) is 2. The van der Waals surface area contributed by atoms with Crippen LogP contribution in [0.1, 0.15) is 25.8 Å². The van der Waals surface area contributed by atoms with E-state index in [2.05, 4.69) is 83.6 Å². The molecule has 1 N–H and O–H groups in total. The van der Waals surface area contributed by atoms with E-state index in [9.17, 15) is 4.79 Å². The van der Waals surface area contributed by atoms with E-state index in [-0.39, 0.29) is 17.9 Å². The van der Waals surface area contributed by atoms with Crippen LogP contribution in [0.4, 0.5) is 11.4 Å². The summed E-state index contributed by atoms with van der Waals surface area (Å²) in [4.78, 5) is 18.0. The molecule has 4 nitrogen and oxygen atoms in total. The highest BCUT2D eigenvalue weighted by Crippen LogP contribution is 2.36. The molecular formula is C24H31N3O. The summed E-state index contributed by atoms with van der Waals surface area (Å²) in [5.41, 5.74) is 3.86. The summed E-state index contributed by atoms with van der Waals surface area (Å²) in [6, 6.07) is 19.4. The zero-order valence-electron chi connectivity index (χ0n) is 17.0. The van der Waals surface area contributed by atoms with Crippen molar-refractivity contribution in [1.82, 2.24) is 5.32 Å². The van der Waals surface area contributed by atoms with E-state index in [4.69, 9.17) is 0 Å². The van der Waals surface area contributed by atoms with Crippen LogP contribution < -0.4 is 15.1 Å². The summed E-state index contributed by atoms with van der Waals surface area (Å²) in [6.45, 7) is 7.99. The smallest absolute Gasteiger partial charge is 0.225 e. The number of amides is 1. The number of benzene rings is 2. The lowest BCUT2D eigenvalue weighted by molar-refractivity contribution is -0.125. The maximum Gasteiger partial charge on any atom is 0.225 e. The summed E-state index contributed by atoms with van der Waals surface area (Å²) in [7, 11) is 0. The summed E-state index contributed by atoms with van der Waals surface area (Å²) in [5.74, 6) is 0.806. The molecule has 2 heterocycles. The fraction of sp³-hybridized carbons (Fsp3) is 0.458. The van der Waals surface area contributed by atoms with Crippen LogP contribution in [0.5, 0.6) is 0 Å². The van der Waals surface area contributed by atoms with E-state index in [0.717, 1.165) is 39.0 Å². The Hall–Kier alpha value is -2.49. The number of piperazine rings is 1. The zero-order chi connectivity index (χ0) is 19.5. The SMILES string of the molecule is CC(C)CCNC(=O)C1Cc2ccccc2N2CCN(c3ccccc3)CC12. The number of hydrogen-bond donors (Lipinski definition) is 1. The van der Waals surface area contributed by atoms with Crippen LogP contribution in [0.3, 0.4) is 0 Å². The molecular weight excluding hydrogens is 346 g/mol. The average Bonchev–Trinajstić information content (AvgIpc) is 2.73. The van der Waals surface area contributed by atoms with Crippen molar-refractivity contribution in [2.75, 3.05) is 36.0 Å². The number of nitrogens with one attached hydrogen (secondary N) is 1. The van der Waals surface area contributed by atoms with Gasteiger partial charge in [-0.15, -0.1) is 0 Å². The van der Waals surface area contributed by atoms with Gasteiger partial charge in [-0.05, 0) is 42.5 Å². The number of fused-ring (bicyclic) bond motifs is 3. The predicted molar refractivity (Wildman–Crippen MR) is 116 cm³/mol. The minimum Gasteiger partial charge on any atom is -0.368 e. The molecule has 4 heteroatoms. The quantitative estimate of drug-likeness (QED) is 0.863. The van der Waals surface area contributed by atoms with Gasteiger partial charge >= 0.3 is 0 Å². The molecule has 0 aromatic heterocycles. The molecule has 2 atom stereocenters. The Bertz CT molecular complexity index is 805. The molecule has 0 aliphatic carbocycles. The summed E-state index contributed by atoms with van der Waals surface area (Å²) in [6.07, 6.45) is 1.85. The number of para-hydroxylation sites is 2. The molecule has 1 fully saturated rings. The molecule has 1 amide bonds. The van der Waals surface area contributed by atoms with Crippen LogP contribution in [0.15, 0.2) is 54.6 Å². The second-order valence-electron chi connectivity index (χ2n) is 8.46. The topological polar surface area (TPSA) is 35.6 Å². The first-order valence-corrected chi connectivity index (χ1v) is 10.6. The minimum atomic E-state index is -0.00595. The molecule has 0 radical (unpaired) electrons. The number of rotatable bonds is 5. The molecule has 4 rings (SSSR count). The van der Waals surface area contributed by atoms with E-state index in [1.54, 1.807) is 0 Å². The van der Waals surface area contributed by atoms with Crippen molar-refractivity contribution in [3.8, 4) is 0 Å². The maximum atomic E-state index is 13.1. The van der Waals surface area contributed by atoms with Crippen molar-refractivity contribution in [1.29, 1.82) is 0 Å². The lowest BCUT2D eigenvalue weighted by Crippen LogP contribution is -2.61. The minimum absolute atomic E-state index is 0.00595. The van der Waals surface area contributed by atoms with Gasteiger partial charge in [0.15, 0.2) is 0 Å². The number of carbonyl (C=O) groups excluding carboxylic acids is 1. The van der Waals surface area contributed by atoms with Crippen LogP contribution in [-0.2, 0) is 11.2 Å². The molecule has 28 heavy (non-hydrogen) atoms. The van der Waals surface area contributed by atoms with Crippen LogP contribution in [0, 0.1) is 11.8 Å². The maximum absolute atomic E-state index is 13.1. The molecule has 0 saturated carbocycles. The van der Waals surface area contributed by atoms with Gasteiger partial charge in [-0.1, -0.05) is 50.2 Å². The highest BCUT2D eigenvalue weighted by molar-refractivity contribution is 5.82. The van der Waals surface area contributed by atoms with Gasteiger partial charge < -0.3 is 15.1 Å². The normalized spacial score (nSPS) is 21.2. The zero-order valence-corrected chi connectivity index (χ0v) is 17.0. The van der Waals surface area contributed by atoms with Crippen molar-refractivity contribution < 1.29 is 4.79 Å². The van der Waals surface area contributed by atoms with Gasteiger partial charge in [-0.25, -0.2) is 0 Å². The second kappa shape index (κ2) is 8.26.